The van der Waals surface area contributed by atoms with Crippen molar-refractivity contribution in [2.45, 2.75) is 13.8 Å². The highest BCUT2D eigenvalue weighted by molar-refractivity contribution is 6.26. The number of hydrogen-bond donors (Lipinski definition) is 0. The van der Waals surface area contributed by atoms with E-state index >= 15 is 0 Å². The molecule has 4 aromatic rings. The number of rotatable bonds is 2. The first-order chi connectivity index (χ1) is 12.4. The van der Waals surface area contributed by atoms with E-state index in [2.05, 4.69) is 0 Å². The monoisotopic (exact) mass is 348 g/mol. The molecule has 0 amide bonds. The Hall–Kier alpha value is -3.54. The van der Waals surface area contributed by atoms with Crippen LogP contribution >= 0.6 is 0 Å². The molecule has 0 aliphatic carbocycles. The van der Waals surface area contributed by atoms with Crippen LogP contribution in [0, 0.1) is 0 Å². The molecule has 0 aliphatic rings. The minimum absolute atomic E-state index is 0.0713. The van der Waals surface area contributed by atoms with Crippen molar-refractivity contribution in [1.29, 1.82) is 0 Å². The van der Waals surface area contributed by atoms with Gasteiger partial charge in [0.05, 0.1) is 5.39 Å². The Balaban J connectivity index is 2.35. The fourth-order valence-corrected chi connectivity index (χ4v) is 3.35. The first kappa shape index (κ1) is 16.0. The molecule has 0 aromatic heterocycles. The topological polar surface area (TPSA) is 86.7 Å². The molecule has 6 nitrogen and oxygen atoms in total. The molecule has 0 radical (unpaired) electrons. The van der Waals surface area contributed by atoms with Crippen LogP contribution in [0.3, 0.4) is 0 Å². The number of esters is 2. The maximum absolute atomic E-state index is 12.6. The summed E-state index contributed by atoms with van der Waals surface area (Å²) < 4.78 is 10.3. The van der Waals surface area contributed by atoms with Crippen LogP contribution in [0.2, 0.25) is 0 Å². The van der Waals surface area contributed by atoms with Crippen LogP contribution < -0.4 is 20.3 Å². The molecule has 0 N–H and O–H groups in total. The van der Waals surface area contributed by atoms with Crippen LogP contribution in [0.5, 0.6) is 11.5 Å². The lowest BCUT2D eigenvalue weighted by molar-refractivity contribution is -0.132. The highest BCUT2D eigenvalue weighted by Crippen LogP contribution is 2.41. The van der Waals surface area contributed by atoms with Gasteiger partial charge in [-0.1, -0.05) is 24.3 Å². The molecule has 0 unspecified atom stereocenters. The Kier molecular flexibility index (Phi) is 3.37. The quantitative estimate of drug-likeness (QED) is 0.239. The van der Waals surface area contributed by atoms with Crippen LogP contribution in [0.15, 0.2) is 46.0 Å². The third kappa shape index (κ3) is 2.19. The second-order valence-corrected chi connectivity index (χ2v) is 5.99. The van der Waals surface area contributed by atoms with Crippen LogP contribution in [0.25, 0.3) is 32.3 Å². The van der Waals surface area contributed by atoms with Crippen LogP contribution in [-0.2, 0) is 9.59 Å². The van der Waals surface area contributed by atoms with Gasteiger partial charge in [-0.05, 0) is 28.3 Å². The van der Waals surface area contributed by atoms with E-state index in [4.69, 9.17) is 9.47 Å². The average molecular weight is 348 g/mol. The zero-order valence-electron chi connectivity index (χ0n) is 13.9. The Bertz CT molecular complexity index is 1320. The van der Waals surface area contributed by atoms with E-state index in [0.717, 1.165) is 23.1 Å². The summed E-state index contributed by atoms with van der Waals surface area (Å²) in [5, 5.41) is 3.11. The number of benzene rings is 4. The van der Waals surface area contributed by atoms with Gasteiger partial charge in [0.2, 0.25) is 5.43 Å². The molecule has 0 atom stereocenters. The molecule has 0 aliphatic heterocycles. The predicted octanol–water partition coefficient (Wildman–Crippen LogP) is 2.59. The third-order valence-electron chi connectivity index (χ3n) is 4.24. The van der Waals surface area contributed by atoms with E-state index in [1.54, 1.807) is 18.2 Å². The number of carbonyl (C=O) groups excluding carboxylic acids is 2. The predicted molar refractivity (Wildman–Crippen MR) is 96.5 cm³/mol. The summed E-state index contributed by atoms with van der Waals surface area (Å²) in [5.41, 5.74) is -1.71. The van der Waals surface area contributed by atoms with E-state index in [-0.39, 0.29) is 16.5 Å². The van der Waals surface area contributed by atoms with E-state index in [9.17, 15) is 19.2 Å². The summed E-state index contributed by atoms with van der Waals surface area (Å²) >= 11 is 0. The maximum Gasteiger partial charge on any atom is 0.308 e. The molecule has 128 valence electrons. The first-order valence-corrected chi connectivity index (χ1v) is 7.87. The zero-order valence-corrected chi connectivity index (χ0v) is 13.9. The molecule has 0 saturated heterocycles. The molecule has 0 heterocycles. The second kappa shape index (κ2) is 5.49. The summed E-state index contributed by atoms with van der Waals surface area (Å²) in [5.74, 6) is -1.68. The second-order valence-electron chi connectivity index (χ2n) is 5.99. The van der Waals surface area contributed by atoms with Crippen molar-refractivity contribution >= 4 is 44.3 Å². The van der Waals surface area contributed by atoms with Gasteiger partial charge in [0.1, 0.15) is 5.75 Å². The van der Waals surface area contributed by atoms with Gasteiger partial charge in [-0.2, -0.15) is 0 Å². The number of carbonyl (C=O) groups is 2. The minimum Gasteiger partial charge on any atom is -0.426 e. The molecule has 0 spiro atoms. The van der Waals surface area contributed by atoms with Crippen molar-refractivity contribution in [3.63, 3.8) is 0 Å². The Morgan fingerprint density at radius 2 is 1.46 bits per heavy atom. The van der Waals surface area contributed by atoms with Crippen LogP contribution in [-0.4, -0.2) is 11.9 Å². The van der Waals surface area contributed by atoms with Crippen LogP contribution in [0.1, 0.15) is 13.8 Å². The summed E-state index contributed by atoms with van der Waals surface area (Å²) in [7, 11) is 0. The van der Waals surface area contributed by atoms with Crippen molar-refractivity contribution in [3.05, 3.63) is 56.8 Å². The van der Waals surface area contributed by atoms with E-state index in [0.29, 0.717) is 5.39 Å². The van der Waals surface area contributed by atoms with Gasteiger partial charge >= 0.3 is 11.9 Å². The fourth-order valence-electron chi connectivity index (χ4n) is 3.35. The summed E-state index contributed by atoms with van der Waals surface area (Å²) in [6.45, 7) is 2.36. The standard InChI is InChI=1S/C20H12O6/c1-9(21)25-14-8-12-5-3-4-11-6-7-13-16(15(11)12)17(14)20(26-10(2)22)19(24)18(13)23/h3-8H,1-2H3. The lowest BCUT2D eigenvalue weighted by atomic mass is 9.93. The van der Waals surface area contributed by atoms with E-state index < -0.39 is 28.5 Å². The normalized spacial score (nSPS) is 11.3. The van der Waals surface area contributed by atoms with Gasteiger partial charge < -0.3 is 9.47 Å². The lowest BCUT2D eigenvalue weighted by Gasteiger charge is -2.15. The van der Waals surface area contributed by atoms with Crippen molar-refractivity contribution in [2.24, 2.45) is 0 Å². The Morgan fingerprint density at radius 1 is 0.769 bits per heavy atom. The van der Waals surface area contributed by atoms with Gasteiger partial charge in [0, 0.05) is 24.6 Å². The van der Waals surface area contributed by atoms with Gasteiger partial charge in [-0.25, -0.2) is 0 Å². The van der Waals surface area contributed by atoms with Gasteiger partial charge in [0.25, 0.3) is 5.43 Å². The molecule has 0 saturated carbocycles. The van der Waals surface area contributed by atoms with Gasteiger partial charge in [-0.15, -0.1) is 0 Å². The van der Waals surface area contributed by atoms with Gasteiger partial charge in [0.15, 0.2) is 5.75 Å². The van der Waals surface area contributed by atoms with E-state index in [1.807, 2.05) is 18.2 Å². The molecular formula is C20H12O6. The van der Waals surface area contributed by atoms with Crippen molar-refractivity contribution in [2.75, 3.05) is 0 Å². The summed E-state index contributed by atoms with van der Waals surface area (Å²) in [6.07, 6.45) is 0. The molecule has 6 heteroatoms. The van der Waals surface area contributed by atoms with Crippen molar-refractivity contribution in [3.8, 4) is 11.5 Å². The first-order valence-electron chi connectivity index (χ1n) is 7.87. The molecule has 0 bridgehead atoms. The molecule has 0 fully saturated rings. The lowest BCUT2D eigenvalue weighted by Crippen LogP contribution is -2.27. The average Bonchev–Trinajstić information content (AvgIpc) is 2.58. The molecule has 4 aromatic carbocycles. The van der Waals surface area contributed by atoms with E-state index in [1.165, 1.54) is 6.92 Å². The summed E-state index contributed by atoms with van der Waals surface area (Å²) in [4.78, 5) is 48.1. The number of hydrogen-bond acceptors (Lipinski definition) is 6. The largest absolute Gasteiger partial charge is 0.426 e. The molecular weight excluding hydrogens is 336 g/mol. The van der Waals surface area contributed by atoms with Crippen molar-refractivity contribution < 1.29 is 19.1 Å². The smallest absolute Gasteiger partial charge is 0.308 e. The maximum atomic E-state index is 12.6. The highest BCUT2D eigenvalue weighted by Gasteiger charge is 2.24. The summed E-state index contributed by atoms with van der Waals surface area (Å²) in [6, 6.07) is 10.4. The zero-order chi connectivity index (χ0) is 18.6. The van der Waals surface area contributed by atoms with Crippen LogP contribution in [0.4, 0.5) is 0 Å². The minimum atomic E-state index is -0.945. The fraction of sp³-hybridized carbons (Fsp3) is 0.100. The Morgan fingerprint density at radius 3 is 2.15 bits per heavy atom. The Labute approximate surface area is 146 Å². The van der Waals surface area contributed by atoms with Crippen molar-refractivity contribution in [1.82, 2.24) is 0 Å². The highest BCUT2D eigenvalue weighted by atomic mass is 16.5. The molecule has 4 rings (SSSR count). The SMILES string of the molecule is CC(=O)Oc1cc2cccc3ccc4c(=O)c(=O)c(OC(C)=O)c1c4c32. The molecule has 26 heavy (non-hydrogen) atoms. The number of ether oxygens (including phenoxy) is 2. The van der Waals surface area contributed by atoms with Gasteiger partial charge in [-0.3, -0.25) is 19.2 Å². The third-order valence-corrected chi connectivity index (χ3v) is 4.24.